The lowest BCUT2D eigenvalue weighted by molar-refractivity contribution is -0.119. The number of carboxylic acid groups (broad SMARTS) is 3. The summed E-state index contributed by atoms with van der Waals surface area (Å²) in [5.41, 5.74) is 15.0. The first-order chi connectivity index (χ1) is 55.4. The van der Waals surface area contributed by atoms with Gasteiger partial charge in [-0.1, -0.05) is 109 Å². The largest absolute Gasteiger partial charge is 0.494 e. The van der Waals surface area contributed by atoms with E-state index < -0.39 is 17.9 Å². The molecule has 6 aromatic heterocycles. The minimum atomic E-state index is -1.05. The number of furan rings is 1. The van der Waals surface area contributed by atoms with Crippen molar-refractivity contribution in [1.29, 1.82) is 0 Å². The number of aromatic nitrogens is 5. The van der Waals surface area contributed by atoms with Crippen LogP contribution in [0, 0.1) is 0 Å². The van der Waals surface area contributed by atoms with Crippen LogP contribution in [0.1, 0.15) is 97.8 Å². The van der Waals surface area contributed by atoms with E-state index in [1.54, 1.807) is 57.5 Å². The highest BCUT2D eigenvalue weighted by molar-refractivity contribution is 7.09. The zero-order valence-electron chi connectivity index (χ0n) is 60.4. The van der Waals surface area contributed by atoms with Gasteiger partial charge in [0.2, 0.25) is 23.6 Å². The van der Waals surface area contributed by atoms with Gasteiger partial charge in [0, 0.05) is 97.7 Å². The molecular formula is C88H67N11O14S. The lowest BCUT2D eigenvalue weighted by atomic mass is 10.00. The number of oxazole rings is 1. The van der Waals surface area contributed by atoms with Crippen molar-refractivity contribution in [2.75, 3.05) is 34.3 Å². The number of amides is 3. The average molecular weight is 1530 g/mol. The third kappa shape index (κ3) is 15.1. The molecule has 0 radical (unpaired) electrons. The second-order valence-corrected chi connectivity index (χ2v) is 28.0. The SMILES string of the molecule is O=C(O)c1ccc2c(C(=Nc3ccc4c(c3)CCN4C(=O)Cc3ccco3)c3ccccc3)c(O)[nH]c2c1.O=C(O)c1ccc2c(C(=Nc3ccc4c(c3)CCN4C(=O)Cc3ncco3)c3ccccc3)c(O)[nH]c2c1.O=C(O)c1ccc2c(C(=Nc3ccc4c(c3)CCN4C(=O)Cc3nccs3)c3ccccc3)c(O)[nH]c2c1. The zero-order chi connectivity index (χ0) is 78.7. The molecule has 564 valence electrons. The van der Waals surface area contributed by atoms with Gasteiger partial charge >= 0.3 is 17.9 Å². The van der Waals surface area contributed by atoms with Crippen molar-refractivity contribution in [2.45, 2.75) is 38.5 Å². The van der Waals surface area contributed by atoms with Crippen LogP contribution in [0.2, 0.25) is 0 Å². The number of carbonyl (C=O) groups excluding carboxylic acids is 3. The molecule has 3 amide bonds. The van der Waals surface area contributed by atoms with E-state index in [4.69, 9.17) is 23.8 Å². The maximum atomic E-state index is 12.9. The van der Waals surface area contributed by atoms with Crippen molar-refractivity contribution >= 4 is 131 Å². The Hall–Kier alpha value is -15.1. The molecule has 114 heavy (non-hydrogen) atoms. The molecule has 9 heterocycles. The van der Waals surface area contributed by atoms with Gasteiger partial charge in [-0.25, -0.2) is 39.3 Å². The summed E-state index contributed by atoms with van der Waals surface area (Å²) in [6.45, 7) is 1.75. The number of rotatable bonds is 18. The smallest absolute Gasteiger partial charge is 0.335 e. The Labute approximate surface area is 652 Å². The van der Waals surface area contributed by atoms with Gasteiger partial charge in [0.05, 0.1) is 92.9 Å². The Morgan fingerprint density at radius 3 is 1.12 bits per heavy atom. The first-order valence-electron chi connectivity index (χ1n) is 36.2. The van der Waals surface area contributed by atoms with Crippen LogP contribution in [-0.4, -0.2) is 128 Å². The fourth-order valence-corrected chi connectivity index (χ4v) is 15.2. The molecule has 26 heteroatoms. The van der Waals surface area contributed by atoms with Gasteiger partial charge in [-0.3, -0.25) is 14.4 Å². The summed E-state index contributed by atoms with van der Waals surface area (Å²) in [5.74, 6) is -2.51. The van der Waals surface area contributed by atoms with Gasteiger partial charge in [-0.2, -0.15) is 0 Å². The van der Waals surface area contributed by atoms with Crippen molar-refractivity contribution in [2.24, 2.45) is 15.0 Å². The number of aromatic carboxylic acids is 3. The molecule has 0 spiro atoms. The van der Waals surface area contributed by atoms with E-state index in [1.807, 2.05) is 151 Å². The molecule has 0 saturated carbocycles. The Bertz CT molecular complexity index is 5720. The number of nitrogens with one attached hydrogen (secondary N) is 3. The van der Waals surface area contributed by atoms with Crippen molar-refractivity contribution in [1.82, 2.24) is 24.9 Å². The van der Waals surface area contributed by atoms with E-state index in [0.717, 1.165) is 61.9 Å². The summed E-state index contributed by atoms with van der Waals surface area (Å²) in [4.78, 5) is 110. The number of anilines is 3. The standard InChI is InChI=1S/C30H23N3O5.C29H22N4O5.C29H22N4O4S/c34-26(17-22-7-4-14-38-22)33-13-12-19-15-21(9-11-25(19)33)31-28(18-5-2-1-3-6-18)27-23-10-8-20(30(36)37)16-24(23)32-29(27)35;2*34-25(16-24-30-11-13-38-24)33-12-10-18-14-20(7-9-23(18)33)31-27(17-4-2-1-3-5-17)26-21-8-6-19(29(36)37)15-22(21)32-28(26)35/h1-11,14-16,32,35H,12-13,17H2,(H,36,37);2*1-9,11,13-15,32,35H,10,12,16H2,(H,36,37). The number of H-pyrrole nitrogens is 3. The van der Waals surface area contributed by atoms with Crippen LogP contribution in [-0.2, 0) is 52.9 Å². The van der Waals surface area contributed by atoms with E-state index in [0.29, 0.717) is 128 Å². The van der Waals surface area contributed by atoms with Gasteiger partial charge < -0.3 is 69.1 Å². The normalized spacial score (nSPS) is 13.2. The third-order valence-corrected chi connectivity index (χ3v) is 20.7. The van der Waals surface area contributed by atoms with Crippen LogP contribution in [0.4, 0.5) is 34.1 Å². The molecule has 0 unspecified atom stereocenters. The molecule has 0 bridgehead atoms. The highest BCUT2D eigenvalue weighted by Gasteiger charge is 2.31. The number of hydrogen-bond donors (Lipinski definition) is 9. The molecule has 15 aromatic rings. The van der Waals surface area contributed by atoms with Crippen molar-refractivity contribution in [3.63, 3.8) is 0 Å². The summed E-state index contributed by atoms with van der Waals surface area (Å²) in [7, 11) is 0. The Balaban J connectivity index is 0.000000129. The third-order valence-electron chi connectivity index (χ3n) is 19.9. The number of thiazole rings is 1. The van der Waals surface area contributed by atoms with E-state index in [1.165, 1.54) is 60.2 Å². The number of hydrogen-bond acceptors (Lipinski definition) is 17. The lowest BCUT2D eigenvalue weighted by Crippen LogP contribution is -2.30. The summed E-state index contributed by atoms with van der Waals surface area (Å²) >= 11 is 1.47. The Morgan fingerprint density at radius 2 is 0.781 bits per heavy atom. The van der Waals surface area contributed by atoms with Crippen LogP contribution < -0.4 is 14.7 Å². The van der Waals surface area contributed by atoms with Crippen molar-refractivity contribution in [3.05, 3.63) is 326 Å². The summed E-state index contributed by atoms with van der Waals surface area (Å²) < 4.78 is 10.6. The Kier molecular flexibility index (Phi) is 20.2. The van der Waals surface area contributed by atoms with E-state index in [2.05, 4.69) is 24.9 Å². The van der Waals surface area contributed by atoms with E-state index in [-0.39, 0.29) is 71.3 Å². The summed E-state index contributed by atoms with van der Waals surface area (Å²) in [6, 6.07) is 63.2. The fourth-order valence-electron chi connectivity index (χ4n) is 14.6. The number of aliphatic imine (C=N–C) groups is 3. The Morgan fingerprint density at radius 1 is 0.395 bits per heavy atom. The zero-order valence-corrected chi connectivity index (χ0v) is 61.2. The number of benzene rings is 9. The van der Waals surface area contributed by atoms with Crippen LogP contribution >= 0.6 is 11.3 Å². The molecular weight excluding hydrogens is 1470 g/mol. The van der Waals surface area contributed by atoms with Gasteiger partial charge in [0.1, 0.15) is 23.5 Å². The number of nitrogens with zero attached hydrogens (tertiary/aromatic N) is 8. The molecule has 9 N–H and O–H groups in total. The number of carbonyl (C=O) groups is 6. The quantitative estimate of drug-likeness (QED) is 0.0360. The molecule has 0 fully saturated rings. The topological polar surface area (TPSA) is 370 Å². The first-order valence-corrected chi connectivity index (χ1v) is 37.1. The van der Waals surface area contributed by atoms with Crippen molar-refractivity contribution in [3.8, 4) is 17.6 Å². The van der Waals surface area contributed by atoms with E-state index >= 15 is 0 Å². The molecule has 3 aliphatic rings. The van der Waals surface area contributed by atoms with Gasteiger partial charge in [-0.15, -0.1) is 11.3 Å². The summed E-state index contributed by atoms with van der Waals surface area (Å²) in [6.07, 6.45) is 8.92. The second kappa shape index (κ2) is 31.5. The highest BCUT2D eigenvalue weighted by Crippen LogP contribution is 2.40. The van der Waals surface area contributed by atoms with Gasteiger partial charge in [0.15, 0.2) is 17.6 Å². The van der Waals surface area contributed by atoms with E-state index in [9.17, 15) is 59.4 Å². The fraction of sp³-hybridized carbons (Fsp3) is 0.102. The minimum Gasteiger partial charge on any atom is -0.494 e. The molecule has 3 aliphatic heterocycles. The molecule has 0 aliphatic carbocycles. The predicted molar refractivity (Wildman–Crippen MR) is 432 cm³/mol. The number of fused-ring (bicyclic) bond motifs is 6. The van der Waals surface area contributed by atoms with Crippen LogP contribution in [0.5, 0.6) is 17.6 Å². The van der Waals surface area contributed by atoms with Crippen molar-refractivity contribution < 1.29 is 68.2 Å². The van der Waals surface area contributed by atoms with Crippen LogP contribution in [0.15, 0.2) is 266 Å². The molecule has 25 nitrogen and oxygen atoms in total. The molecule has 0 saturated heterocycles. The number of carboxylic acids is 3. The summed E-state index contributed by atoms with van der Waals surface area (Å²) in [5, 5.41) is 65.4. The maximum Gasteiger partial charge on any atom is 0.335 e. The molecule has 18 rings (SSSR count). The second-order valence-electron chi connectivity index (χ2n) is 27.0. The number of aromatic amines is 3. The highest BCUT2D eigenvalue weighted by atomic mass is 32.1. The van der Waals surface area contributed by atoms with Crippen LogP contribution in [0.3, 0.4) is 0 Å². The molecule has 9 aromatic carbocycles. The predicted octanol–water partition coefficient (Wildman–Crippen LogP) is 15.7. The average Bonchev–Trinajstić information content (AvgIpc) is 1.60. The minimum absolute atomic E-state index is 0.0179. The monoisotopic (exact) mass is 1530 g/mol. The first kappa shape index (κ1) is 73.1. The van der Waals surface area contributed by atoms with Gasteiger partial charge in [-0.05, 0) is 139 Å². The number of aromatic hydroxyl groups is 3. The molecule has 0 atom stereocenters. The van der Waals surface area contributed by atoms with Crippen LogP contribution in [0.25, 0.3) is 32.7 Å². The van der Waals surface area contributed by atoms with Gasteiger partial charge in [0.25, 0.3) is 0 Å². The lowest BCUT2D eigenvalue weighted by Gasteiger charge is -2.17. The maximum absolute atomic E-state index is 12.9.